The summed E-state index contributed by atoms with van der Waals surface area (Å²) < 4.78 is 11.5. The number of amides is 1. The van der Waals surface area contributed by atoms with Gasteiger partial charge >= 0.3 is 5.97 Å². The predicted molar refractivity (Wildman–Crippen MR) is 99.6 cm³/mol. The highest BCUT2D eigenvalue weighted by Crippen LogP contribution is 2.28. The molecule has 0 spiro atoms. The van der Waals surface area contributed by atoms with Crippen molar-refractivity contribution in [3.63, 3.8) is 0 Å². The highest BCUT2D eigenvalue weighted by atomic mass is 16.5. The molecular weight excluding hydrogens is 346 g/mol. The molecule has 0 aliphatic carbocycles. The lowest BCUT2D eigenvalue weighted by atomic mass is 10.0. The number of carboxylic acids is 1. The van der Waals surface area contributed by atoms with Gasteiger partial charge in [-0.3, -0.25) is 9.59 Å². The van der Waals surface area contributed by atoms with Gasteiger partial charge in [0, 0.05) is 12.6 Å². The van der Waals surface area contributed by atoms with Crippen LogP contribution in [0.1, 0.15) is 18.9 Å². The fourth-order valence-electron chi connectivity index (χ4n) is 3.27. The monoisotopic (exact) mass is 369 g/mol. The summed E-state index contributed by atoms with van der Waals surface area (Å²) in [6.45, 7) is 2.45. The molecule has 142 valence electrons. The maximum absolute atomic E-state index is 12.5. The van der Waals surface area contributed by atoms with Gasteiger partial charge in [0.2, 0.25) is 0 Å². The summed E-state index contributed by atoms with van der Waals surface area (Å²) in [5, 5.41) is 9.19. The van der Waals surface area contributed by atoms with Crippen molar-refractivity contribution in [1.82, 2.24) is 4.90 Å². The number of nitrogens with zero attached hydrogens (tertiary/aromatic N) is 1. The second-order valence-corrected chi connectivity index (χ2v) is 6.57. The Morgan fingerprint density at radius 1 is 1.04 bits per heavy atom. The molecule has 0 bridgehead atoms. The Bertz CT molecular complexity index is 792. The third kappa shape index (κ3) is 4.58. The van der Waals surface area contributed by atoms with Crippen LogP contribution in [-0.2, 0) is 16.2 Å². The quantitative estimate of drug-likeness (QED) is 0.812. The molecule has 1 fully saturated rings. The van der Waals surface area contributed by atoms with Gasteiger partial charge in [-0.1, -0.05) is 42.5 Å². The summed E-state index contributed by atoms with van der Waals surface area (Å²) in [4.78, 5) is 25.2. The molecule has 1 saturated heterocycles. The molecule has 1 aliphatic rings. The molecule has 2 atom stereocenters. The van der Waals surface area contributed by atoms with Crippen molar-refractivity contribution in [2.75, 3.05) is 13.2 Å². The van der Waals surface area contributed by atoms with Gasteiger partial charge in [0.15, 0.2) is 18.1 Å². The smallest absolute Gasteiger partial charge is 0.308 e. The Hall–Kier alpha value is -3.02. The molecule has 6 heteroatoms. The number of carbonyl (C=O) groups is 2. The lowest BCUT2D eigenvalue weighted by Gasteiger charge is -2.23. The Morgan fingerprint density at radius 2 is 1.67 bits per heavy atom. The topological polar surface area (TPSA) is 76.1 Å². The van der Waals surface area contributed by atoms with E-state index in [1.807, 2.05) is 42.5 Å². The van der Waals surface area contributed by atoms with Crippen LogP contribution in [0, 0.1) is 5.92 Å². The fraction of sp³-hybridized carbons (Fsp3) is 0.333. The molecule has 2 unspecified atom stereocenters. The lowest BCUT2D eigenvalue weighted by Crippen LogP contribution is -2.40. The van der Waals surface area contributed by atoms with Crippen molar-refractivity contribution in [3.8, 4) is 11.5 Å². The molecule has 3 rings (SSSR count). The normalized spacial score (nSPS) is 18.9. The zero-order chi connectivity index (χ0) is 19.2. The Balaban J connectivity index is 1.58. The van der Waals surface area contributed by atoms with Crippen LogP contribution < -0.4 is 9.47 Å². The Kier molecular flexibility index (Phi) is 5.96. The second-order valence-electron chi connectivity index (χ2n) is 6.57. The van der Waals surface area contributed by atoms with Crippen molar-refractivity contribution >= 4 is 11.9 Å². The number of ether oxygens (including phenoxy) is 2. The SMILES string of the molecule is CC1C(C(=O)O)CCN1C(=O)COc1ccccc1OCc1ccccc1. The zero-order valence-electron chi connectivity index (χ0n) is 15.2. The van der Waals surface area contributed by atoms with E-state index >= 15 is 0 Å². The Morgan fingerprint density at radius 3 is 2.30 bits per heavy atom. The second kappa shape index (κ2) is 8.58. The van der Waals surface area contributed by atoms with Gasteiger partial charge < -0.3 is 19.5 Å². The van der Waals surface area contributed by atoms with Crippen LogP contribution in [0.2, 0.25) is 0 Å². The van der Waals surface area contributed by atoms with E-state index < -0.39 is 11.9 Å². The summed E-state index contributed by atoms with van der Waals surface area (Å²) >= 11 is 0. The van der Waals surface area contributed by atoms with E-state index in [1.54, 1.807) is 24.0 Å². The van der Waals surface area contributed by atoms with Crippen LogP contribution in [0.5, 0.6) is 11.5 Å². The van der Waals surface area contributed by atoms with E-state index in [4.69, 9.17) is 9.47 Å². The minimum Gasteiger partial charge on any atom is -0.485 e. The first-order chi connectivity index (χ1) is 13.1. The molecule has 1 N–H and O–H groups in total. The van der Waals surface area contributed by atoms with Gasteiger partial charge in [-0.05, 0) is 31.0 Å². The van der Waals surface area contributed by atoms with Crippen molar-refractivity contribution in [1.29, 1.82) is 0 Å². The average molecular weight is 369 g/mol. The summed E-state index contributed by atoms with van der Waals surface area (Å²) in [7, 11) is 0. The highest BCUT2D eigenvalue weighted by molar-refractivity contribution is 5.80. The minimum atomic E-state index is -0.863. The van der Waals surface area contributed by atoms with Gasteiger partial charge in [-0.15, -0.1) is 0 Å². The number of para-hydroxylation sites is 2. The van der Waals surface area contributed by atoms with E-state index in [-0.39, 0.29) is 18.6 Å². The van der Waals surface area contributed by atoms with Crippen molar-refractivity contribution in [2.24, 2.45) is 5.92 Å². The minimum absolute atomic E-state index is 0.150. The van der Waals surface area contributed by atoms with Crippen LogP contribution >= 0.6 is 0 Å². The molecule has 0 aromatic heterocycles. The largest absolute Gasteiger partial charge is 0.485 e. The number of hydrogen-bond acceptors (Lipinski definition) is 4. The first-order valence-corrected chi connectivity index (χ1v) is 8.97. The van der Waals surface area contributed by atoms with Crippen LogP contribution in [0.15, 0.2) is 54.6 Å². The predicted octanol–water partition coefficient (Wildman–Crippen LogP) is 2.97. The van der Waals surface area contributed by atoms with Gasteiger partial charge in [-0.25, -0.2) is 0 Å². The summed E-state index contributed by atoms with van der Waals surface area (Å²) in [5.74, 6) is -0.548. The standard InChI is InChI=1S/C21H23NO5/c1-15-17(21(24)25)11-12-22(15)20(23)14-27-19-10-6-5-9-18(19)26-13-16-7-3-2-4-8-16/h2-10,15,17H,11-14H2,1H3,(H,24,25). The van der Waals surface area contributed by atoms with Crippen LogP contribution in [0.25, 0.3) is 0 Å². The van der Waals surface area contributed by atoms with E-state index in [0.29, 0.717) is 31.1 Å². The molecule has 1 heterocycles. The molecule has 2 aromatic carbocycles. The van der Waals surface area contributed by atoms with Crippen molar-refractivity contribution in [3.05, 3.63) is 60.2 Å². The molecule has 0 radical (unpaired) electrons. The first kappa shape index (κ1) is 18.8. The van der Waals surface area contributed by atoms with Crippen molar-refractivity contribution < 1.29 is 24.2 Å². The third-order valence-electron chi connectivity index (χ3n) is 4.83. The van der Waals surface area contributed by atoms with Gasteiger partial charge in [0.05, 0.1) is 5.92 Å². The zero-order valence-corrected chi connectivity index (χ0v) is 15.2. The van der Waals surface area contributed by atoms with Gasteiger partial charge in [-0.2, -0.15) is 0 Å². The molecule has 2 aromatic rings. The van der Waals surface area contributed by atoms with E-state index in [0.717, 1.165) is 5.56 Å². The number of likely N-dealkylation sites (tertiary alicyclic amines) is 1. The molecule has 27 heavy (non-hydrogen) atoms. The van der Waals surface area contributed by atoms with Crippen molar-refractivity contribution in [2.45, 2.75) is 26.0 Å². The summed E-state index contributed by atoms with van der Waals surface area (Å²) in [5.41, 5.74) is 1.04. The number of benzene rings is 2. The van der Waals surface area contributed by atoms with Crippen LogP contribution in [0.3, 0.4) is 0 Å². The maximum atomic E-state index is 12.5. The maximum Gasteiger partial charge on any atom is 0.308 e. The number of hydrogen-bond donors (Lipinski definition) is 1. The van der Waals surface area contributed by atoms with Gasteiger partial charge in [0.1, 0.15) is 6.61 Å². The van der Waals surface area contributed by atoms with Crippen LogP contribution in [0.4, 0.5) is 0 Å². The third-order valence-corrected chi connectivity index (χ3v) is 4.83. The number of carbonyl (C=O) groups excluding carboxylic acids is 1. The molecular formula is C21H23NO5. The number of aliphatic carboxylic acids is 1. The molecule has 6 nitrogen and oxygen atoms in total. The fourth-order valence-corrected chi connectivity index (χ4v) is 3.27. The van der Waals surface area contributed by atoms with E-state index in [9.17, 15) is 14.7 Å². The first-order valence-electron chi connectivity index (χ1n) is 8.97. The molecule has 1 amide bonds. The molecule has 0 saturated carbocycles. The lowest BCUT2D eigenvalue weighted by molar-refractivity contribution is -0.143. The highest BCUT2D eigenvalue weighted by Gasteiger charge is 2.38. The van der Waals surface area contributed by atoms with E-state index in [1.165, 1.54) is 0 Å². The average Bonchev–Trinajstić information content (AvgIpc) is 3.07. The molecule has 1 aliphatic heterocycles. The van der Waals surface area contributed by atoms with Crippen LogP contribution in [-0.4, -0.2) is 41.1 Å². The Labute approximate surface area is 158 Å². The summed E-state index contributed by atoms with van der Waals surface area (Å²) in [6.07, 6.45) is 0.471. The number of rotatable bonds is 7. The van der Waals surface area contributed by atoms with E-state index in [2.05, 4.69) is 0 Å². The van der Waals surface area contributed by atoms with Gasteiger partial charge in [0.25, 0.3) is 5.91 Å². The number of carboxylic acid groups (broad SMARTS) is 1. The summed E-state index contributed by atoms with van der Waals surface area (Å²) in [6, 6.07) is 16.7.